The molecule has 0 saturated carbocycles. The summed E-state index contributed by atoms with van der Waals surface area (Å²) in [6.07, 6.45) is 3.55. The summed E-state index contributed by atoms with van der Waals surface area (Å²) in [5, 5.41) is 3.15. The van der Waals surface area contributed by atoms with E-state index in [1.165, 1.54) is 17.3 Å². The van der Waals surface area contributed by atoms with Crippen molar-refractivity contribution in [2.24, 2.45) is 0 Å². The molecule has 4 nitrogen and oxygen atoms in total. The summed E-state index contributed by atoms with van der Waals surface area (Å²) in [6.45, 7) is 4.11. The van der Waals surface area contributed by atoms with Crippen molar-refractivity contribution in [1.29, 1.82) is 0 Å². The molecule has 2 amide bonds. The molecule has 0 fully saturated rings. The second kappa shape index (κ2) is 10.1. The van der Waals surface area contributed by atoms with Crippen LogP contribution in [-0.4, -0.2) is 24.9 Å². The van der Waals surface area contributed by atoms with Crippen molar-refractivity contribution in [2.45, 2.75) is 37.6 Å². The van der Waals surface area contributed by atoms with Crippen molar-refractivity contribution in [3.63, 3.8) is 0 Å². The van der Waals surface area contributed by atoms with Crippen LogP contribution in [0.15, 0.2) is 82.6 Å². The smallest absolute Gasteiger partial charge is 0.264 e. The van der Waals surface area contributed by atoms with Gasteiger partial charge in [-0.1, -0.05) is 78.8 Å². The largest absolute Gasteiger partial charge is 0.349 e. The lowest BCUT2D eigenvalue weighted by Crippen LogP contribution is -2.36. The number of nitrogens with zero attached hydrogens (tertiary/aromatic N) is 1. The first-order chi connectivity index (χ1) is 15.9. The van der Waals surface area contributed by atoms with Crippen LogP contribution in [0.25, 0.3) is 6.08 Å². The number of fused-ring (bicyclic) bond motifs is 1. The predicted molar refractivity (Wildman–Crippen MR) is 137 cm³/mol. The quantitative estimate of drug-likeness (QED) is 0.473. The highest BCUT2D eigenvalue weighted by atomic mass is 32.2. The van der Waals surface area contributed by atoms with Crippen LogP contribution in [0.3, 0.4) is 0 Å². The molecule has 1 aliphatic heterocycles. The van der Waals surface area contributed by atoms with Gasteiger partial charge in [-0.3, -0.25) is 9.59 Å². The van der Waals surface area contributed by atoms with Gasteiger partial charge in [-0.15, -0.1) is 0 Å². The van der Waals surface area contributed by atoms with Crippen molar-refractivity contribution < 1.29 is 9.59 Å². The highest BCUT2D eigenvalue weighted by molar-refractivity contribution is 8.04. The molecule has 1 unspecified atom stereocenters. The molecule has 0 radical (unpaired) electrons. The molecule has 5 heteroatoms. The lowest BCUT2D eigenvalue weighted by molar-refractivity contribution is -0.114. The first kappa shape index (κ1) is 22.9. The van der Waals surface area contributed by atoms with Crippen molar-refractivity contribution in [1.82, 2.24) is 5.32 Å². The molecule has 0 aromatic heterocycles. The fourth-order valence-electron chi connectivity index (χ4n) is 3.91. The van der Waals surface area contributed by atoms with Gasteiger partial charge in [-0.05, 0) is 55.2 Å². The molecule has 4 rings (SSSR count). The zero-order valence-electron chi connectivity index (χ0n) is 19.2. The third-order valence-corrected chi connectivity index (χ3v) is 6.89. The van der Waals surface area contributed by atoms with Crippen molar-refractivity contribution in [2.75, 3.05) is 11.9 Å². The van der Waals surface area contributed by atoms with Crippen LogP contribution >= 0.6 is 11.8 Å². The van der Waals surface area contributed by atoms with E-state index < -0.39 is 0 Å². The maximum absolute atomic E-state index is 13.0. The van der Waals surface area contributed by atoms with Gasteiger partial charge in [0.2, 0.25) is 0 Å². The highest BCUT2D eigenvalue weighted by Gasteiger charge is 2.27. The van der Waals surface area contributed by atoms with Crippen molar-refractivity contribution in [3.8, 4) is 0 Å². The number of rotatable bonds is 6. The minimum absolute atomic E-state index is 0.0496. The van der Waals surface area contributed by atoms with E-state index in [-0.39, 0.29) is 17.9 Å². The number of hydrogen-bond acceptors (Lipinski definition) is 3. The Morgan fingerprint density at radius 3 is 2.58 bits per heavy atom. The molecule has 168 valence electrons. The fourth-order valence-corrected chi connectivity index (χ4v) is 5.00. The fraction of sp³-hybridized carbons (Fsp3) is 0.214. The number of amides is 2. The summed E-state index contributed by atoms with van der Waals surface area (Å²) in [7, 11) is 1.76. The highest BCUT2D eigenvalue weighted by Crippen LogP contribution is 2.42. The van der Waals surface area contributed by atoms with Crippen LogP contribution in [-0.2, 0) is 11.2 Å². The van der Waals surface area contributed by atoms with Crippen LogP contribution < -0.4 is 10.2 Å². The van der Waals surface area contributed by atoms with Gasteiger partial charge in [0, 0.05) is 23.5 Å². The predicted octanol–water partition coefficient (Wildman–Crippen LogP) is 5.86. The standard InChI is InChI=1S/C28H28N2O2S/c1-4-23(16-20-10-6-5-7-11-20)29-27(31)22-13-14-25-24(18-22)30(3)28(32)26(33-25)17-21-12-8-9-19(2)15-21/h5-15,17-18,23H,4,16H2,1-3H3,(H,29,31)/b26-17+. The third kappa shape index (κ3) is 5.37. The number of carbonyl (C=O) groups excluding carboxylic acids is 2. The van der Waals surface area contributed by atoms with E-state index in [9.17, 15) is 9.59 Å². The zero-order valence-corrected chi connectivity index (χ0v) is 20.0. The number of thioether (sulfide) groups is 1. The number of likely N-dealkylation sites (N-methyl/N-ethyl adjacent to an activating group) is 1. The zero-order chi connectivity index (χ0) is 23.4. The van der Waals surface area contributed by atoms with Crippen LogP contribution in [0.5, 0.6) is 0 Å². The average Bonchev–Trinajstić information content (AvgIpc) is 2.82. The Morgan fingerprint density at radius 2 is 1.85 bits per heavy atom. The Bertz CT molecular complexity index is 1200. The summed E-state index contributed by atoms with van der Waals surface area (Å²) in [5.74, 6) is -0.186. The number of nitrogens with one attached hydrogen (secondary N) is 1. The first-order valence-electron chi connectivity index (χ1n) is 11.2. The molecule has 0 saturated heterocycles. The van der Waals surface area contributed by atoms with E-state index in [0.717, 1.165) is 34.6 Å². The Kier molecular flexibility index (Phi) is 6.99. The summed E-state index contributed by atoms with van der Waals surface area (Å²) in [5.41, 5.74) is 4.67. The Hall–Kier alpha value is -3.31. The van der Waals surface area contributed by atoms with E-state index in [0.29, 0.717) is 10.5 Å². The van der Waals surface area contributed by atoms with Gasteiger partial charge >= 0.3 is 0 Å². The van der Waals surface area contributed by atoms with Crippen LogP contribution in [0.4, 0.5) is 5.69 Å². The maximum Gasteiger partial charge on any atom is 0.264 e. The third-order valence-electron chi connectivity index (χ3n) is 5.81. The lowest BCUT2D eigenvalue weighted by atomic mass is 10.0. The van der Waals surface area contributed by atoms with Gasteiger partial charge < -0.3 is 10.2 Å². The van der Waals surface area contributed by atoms with Crippen molar-refractivity contribution in [3.05, 3.63) is 100.0 Å². The molecule has 3 aromatic rings. The maximum atomic E-state index is 13.0. The second-order valence-electron chi connectivity index (χ2n) is 8.34. The molecule has 33 heavy (non-hydrogen) atoms. The molecule has 3 aromatic carbocycles. The van der Waals surface area contributed by atoms with Gasteiger partial charge in [0.1, 0.15) is 0 Å². The Morgan fingerprint density at radius 1 is 1.06 bits per heavy atom. The number of carbonyl (C=O) groups is 2. The summed E-state index contributed by atoms with van der Waals surface area (Å²) >= 11 is 1.45. The van der Waals surface area contributed by atoms with Gasteiger partial charge in [0.15, 0.2) is 0 Å². The van der Waals surface area contributed by atoms with Crippen molar-refractivity contribution >= 4 is 35.3 Å². The van der Waals surface area contributed by atoms with E-state index in [4.69, 9.17) is 0 Å². The minimum Gasteiger partial charge on any atom is -0.349 e. The Labute approximate surface area is 199 Å². The van der Waals surface area contributed by atoms with Crippen LogP contribution in [0.1, 0.15) is 40.4 Å². The second-order valence-corrected chi connectivity index (χ2v) is 9.42. The number of hydrogen-bond donors (Lipinski definition) is 1. The summed E-state index contributed by atoms with van der Waals surface area (Å²) in [6, 6.07) is 23.9. The average molecular weight is 457 g/mol. The monoisotopic (exact) mass is 456 g/mol. The molecule has 1 heterocycles. The molecule has 0 bridgehead atoms. The molecule has 0 spiro atoms. The van der Waals surface area contributed by atoms with Crippen LogP contribution in [0, 0.1) is 6.92 Å². The molecule has 0 aliphatic carbocycles. The van der Waals surface area contributed by atoms with Gasteiger partial charge in [-0.2, -0.15) is 0 Å². The van der Waals surface area contributed by atoms with Gasteiger partial charge in [0.25, 0.3) is 11.8 Å². The number of anilines is 1. The van der Waals surface area contributed by atoms with Gasteiger partial charge in [-0.25, -0.2) is 0 Å². The van der Waals surface area contributed by atoms with E-state index in [2.05, 4.69) is 30.4 Å². The summed E-state index contributed by atoms with van der Waals surface area (Å²) < 4.78 is 0. The molecule has 1 atom stereocenters. The van der Waals surface area contributed by atoms with Crippen LogP contribution in [0.2, 0.25) is 0 Å². The minimum atomic E-state index is -0.118. The summed E-state index contributed by atoms with van der Waals surface area (Å²) in [4.78, 5) is 29.3. The Balaban J connectivity index is 1.52. The number of benzene rings is 3. The van der Waals surface area contributed by atoms with E-state index >= 15 is 0 Å². The molecular formula is C28H28N2O2S. The molecule has 1 aliphatic rings. The van der Waals surface area contributed by atoms with E-state index in [1.54, 1.807) is 11.9 Å². The van der Waals surface area contributed by atoms with Gasteiger partial charge in [0.05, 0.1) is 10.6 Å². The normalized spacial score (nSPS) is 15.3. The van der Waals surface area contributed by atoms with E-state index in [1.807, 2.05) is 67.6 Å². The molecule has 1 N–H and O–H groups in total. The first-order valence-corrected chi connectivity index (χ1v) is 12.0. The lowest BCUT2D eigenvalue weighted by Gasteiger charge is -2.27. The topological polar surface area (TPSA) is 49.4 Å². The number of aryl methyl sites for hydroxylation is 1. The SMILES string of the molecule is CCC(Cc1ccccc1)NC(=O)c1ccc2c(c1)N(C)C(=O)/C(=C\c1cccc(C)c1)S2. The molecular weight excluding hydrogens is 428 g/mol.